The second-order valence-electron chi connectivity index (χ2n) is 23.9. The molecule has 0 amide bonds. The number of hydrogen-bond donors (Lipinski definition) is 0. The van der Waals surface area contributed by atoms with Crippen LogP contribution in [0.3, 0.4) is 0 Å². The third-order valence-electron chi connectivity index (χ3n) is 15.1. The van der Waals surface area contributed by atoms with Gasteiger partial charge in [0.1, 0.15) is 24.0 Å². The maximum absolute atomic E-state index is 6.95. The van der Waals surface area contributed by atoms with Crippen LogP contribution < -0.4 is 14.5 Å². The number of aromatic nitrogens is 2. The lowest BCUT2D eigenvalue weighted by atomic mass is 9.74. The number of rotatable bonds is 9. The number of hydrogen-bond acceptors (Lipinski definition) is 4. The number of anilines is 4. The summed E-state index contributed by atoms with van der Waals surface area (Å²) in [7, 11) is 0. The van der Waals surface area contributed by atoms with Crippen LogP contribution in [-0.4, -0.2) is 16.2 Å². The summed E-state index contributed by atoms with van der Waals surface area (Å²) in [6.45, 7) is 30.7. The predicted octanol–water partition coefficient (Wildman–Crippen LogP) is 17.8. The average molecular weight is 935 g/mol. The Hall–Kier alpha value is -7.11. The summed E-state index contributed by atoms with van der Waals surface area (Å²) in [5.74, 6) is 2.42. The number of ether oxygens (including phenoxy) is 1. The summed E-state index contributed by atoms with van der Waals surface area (Å²) in [6.07, 6.45) is 1.95. The van der Waals surface area contributed by atoms with Crippen LogP contribution in [0.15, 0.2) is 176 Å². The van der Waals surface area contributed by atoms with Gasteiger partial charge in [0.05, 0.1) is 22.4 Å². The minimum Gasteiger partial charge on any atom is -0.457 e. The van der Waals surface area contributed by atoms with Crippen molar-refractivity contribution in [2.24, 2.45) is 0 Å². The van der Waals surface area contributed by atoms with Crippen molar-refractivity contribution >= 4 is 44.6 Å². The standard InChI is InChI=1S/C66H70N4O/c1-62(2,3)46-30-33-57-54(37-46)53-32-31-52(40-58(53)70(57)61-38-48(34-35-67-61)66(12,13)45-24-18-15-19-25-45)71-51-29-21-28-50(39-51)69-43-68(59-41-55(63(4,5)6)56(42-60(59)69)64(7,8)9)49-27-20-26-47(36-49)65(10,11)44-22-16-14-17-23-44/h14-42H,43H2,1-13H3. The SMILES string of the molecule is CC(C)(C)c1ccc2c(c1)c1ccc(Oc3cccc(N4CN(c5cccc(C(C)(C)c6ccccc6)c5)c5cc(C(C)(C)C)c(C(C)(C)C)cc54)c3)cc1n2-c1cc(C(C)(C)c2ccccc2)ccn1. The molecule has 0 atom stereocenters. The van der Waals surface area contributed by atoms with E-state index in [2.05, 4.69) is 274 Å². The fourth-order valence-electron chi connectivity index (χ4n) is 10.6. The first-order chi connectivity index (χ1) is 33.6. The zero-order valence-corrected chi connectivity index (χ0v) is 44.1. The Kier molecular flexibility index (Phi) is 11.6. The molecule has 71 heavy (non-hydrogen) atoms. The van der Waals surface area contributed by atoms with Gasteiger partial charge in [0.2, 0.25) is 0 Å². The third-order valence-corrected chi connectivity index (χ3v) is 15.1. The molecule has 0 bridgehead atoms. The van der Waals surface area contributed by atoms with Crippen LogP contribution in [0, 0.1) is 0 Å². The van der Waals surface area contributed by atoms with Gasteiger partial charge in [0.15, 0.2) is 0 Å². The quantitative estimate of drug-likeness (QED) is 0.144. The highest BCUT2D eigenvalue weighted by Gasteiger charge is 2.35. The number of fused-ring (bicyclic) bond motifs is 4. The van der Waals surface area contributed by atoms with Crippen LogP contribution in [0.25, 0.3) is 27.6 Å². The Bertz CT molecular complexity index is 3430. The molecule has 2 aromatic heterocycles. The molecule has 10 rings (SSSR count). The first-order valence-corrected chi connectivity index (χ1v) is 25.4. The van der Waals surface area contributed by atoms with E-state index in [9.17, 15) is 0 Å². The molecule has 9 aromatic rings. The number of benzene rings is 7. The van der Waals surface area contributed by atoms with Gasteiger partial charge in [-0.05, 0) is 128 Å². The smallest absolute Gasteiger partial charge is 0.137 e. The summed E-state index contributed by atoms with van der Waals surface area (Å²) in [4.78, 5) is 10.0. The van der Waals surface area contributed by atoms with E-state index in [1.165, 1.54) is 61.4 Å². The van der Waals surface area contributed by atoms with Crippen molar-refractivity contribution in [3.8, 4) is 17.3 Å². The predicted molar refractivity (Wildman–Crippen MR) is 300 cm³/mol. The molecule has 0 N–H and O–H groups in total. The van der Waals surface area contributed by atoms with Crippen molar-refractivity contribution in [1.29, 1.82) is 0 Å². The highest BCUT2D eigenvalue weighted by molar-refractivity contribution is 6.10. The molecule has 0 fully saturated rings. The summed E-state index contributed by atoms with van der Waals surface area (Å²) in [5, 5.41) is 2.36. The van der Waals surface area contributed by atoms with Gasteiger partial charge in [-0.15, -0.1) is 0 Å². The molecule has 7 aromatic carbocycles. The second-order valence-corrected chi connectivity index (χ2v) is 23.9. The Labute approximate surface area is 422 Å². The Morgan fingerprint density at radius 3 is 1.51 bits per heavy atom. The molecule has 3 heterocycles. The van der Waals surface area contributed by atoms with Gasteiger partial charge < -0.3 is 14.5 Å². The van der Waals surface area contributed by atoms with Crippen molar-refractivity contribution in [3.63, 3.8) is 0 Å². The molecule has 1 aliphatic rings. The maximum Gasteiger partial charge on any atom is 0.137 e. The Morgan fingerprint density at radius 2 is 0.930 bits per heavy atom. The van der Waals surface area contributed by atoms with Gasteiger partial charge >= 0.3 is 0 Å². The monoisotopic (exact) mass is 935 g/mol. The minimum absolute atomic E-state index is 0.00600. The van der Waals surface area contributed by atoms with Crippen LogP contribution in [0.1, 0.15) is 129 Å². The fraction of sp³-hybridized carbons (Fsp3) is 0.288. The third kappa shape index (κ3) is 8.79. The lowest BCUT2D eigenvalue weighted by Crippen LogP contribution is -2.25. The van der Waals surface area contributed by atoms with Crippen LogP contribution in [0.2, 0.25) is 0 Å². The minimum atomic E-state index is -0.226. The molecule has 0 saturated heterocycles. The largest absolute Gasteiger partial charge is 0.457 e. The zero-order valence-electron chi connectivity index (χ0n) is 44.1. The van der Waals surface area contributed by atoms with E-state index < -0.39 is 0 Å². The lowest BCUT2D eigenvalue weighted by Gasteiger charge is -2.32. The van der Waals surface area contributed by atoms with Gasteiger partial charge in [-0.2, -0.15) is 0 Å². The highest BCUT2D eigenvalue weighted by Crippen LogP contribution is 2.50. The zero-order chi connectivity index (χ0) is 50.3. The molecular formula is C66H70N4O. The normalized spacial score (nSPS) is 13.6. The van der Waals surface area contributed by atoms with Crippen molar-refractivity contribution in [2.45, 2.75) is 117 Å². The Morgan fingerprint density at radius 1 is 0.394 bits per heavy atom. The van der Waals surface area contributed by atoms with Gasteiger partial charge in [0.25, 0.3) is 0 Å². The molecule has 5 heteroatoms. The van der Waals surface area contributed by atoms with Gasteiger partial charge in [-0.3, -0.25) is 4.57 Å². The summed E-state index contributed by atoms with van der Waals surface area (Å²) in [5.41, 5.74) is 15.4. The molecule has 1 aliphatic heterocycles. The molecule has 0 radical (unpaired) electrons. The van der Waals surface area contributed by atoms with Crippen molar-refractivity contribution in [3.05, 3.63) is 215 Å². The van der Waals surface area contributed by atoms with Crippen LogP contribution in [0.4, 0.5) is 22.7 Å². The number of nitrogens with zero attached hydrogens (tertiary/aromatic N) is 4. The number of pyridine rings is 1. The molecule has 360 valence electrons. The van der Waals surface area contributed by atoms with Crippen molar-refractivity contribution in [2.75, 3.05) is 16.5 Å². The molecule has 5 nitrogen and oxygen atoms in total. The van der Waals surface area contributed by atoms with Crippen molar-refractivity contribution < 1.29 is 4.74 Å². The second kappa shape index (κ2) is 17.3. The van der Waals surface area contributed by atoms with E-state index in [1.54, 1.807) is 0 Å². The molecular weight excluding hydrogens is 865 g/mol. The van der Waals surface area contributed by atoms with Crippen LogP contribution >= 0.6 is 0 Å². The van der Waals surface area contributed by atoms with Gasteiger partial charge in [-0.1, -0.05) is 175 Å². The maximum atomic E-state index is 6.95. The lowest BCUT2D eigenvalue weighted by molar-refractivity contribution is 0.483. The summed E-state index contributed by atoms with van der Waals surface area (Å²) >= 11 is 0. The van der Waals surface area contributed by atoms with E-state index in [4.69, 9.17) is 9.72 Å². The summed E-state index contributed by atoms with van der Waals surface area (Å²) < 4.78 is 9.26. The van der Waals surface area contributed by atoms with E-state index in [0.717, 1.165) is 39.4 Å². The highest BCUT2D eigenvalue weighted by atomic mass is 16.5. The fourth-order valence-corrected chi connectivity index (χ4v) is 10.6. The summed E-state index contributed by atoms with van der Waals surface area (Å²) in [6, 6.07) is 62.1. The van der Waals surface area contributed by atoms with E-state index >= 15 is 0 Å². The molecule has 0 unspecified atom stereocenters. The van der Waals surface area contributed by atoms with E-state index in [0.29, 0.717) is 6.67 Å². The van der Waals surface area contributed by atoms with Crippen LogP contribution in [0.5, 0.6) is 11.5 Å². The van der Waals surface area contributed by atoms with Gasteiger partial charge in [0, 0.05) is 51.3 Å². The van der Waals surface area contributed by atoms with Crippen molar-refractivity contribution in [1.82, 2.24) is 9.55 Å². The van der Waals surface area contributed by atoms with E-state index in [1.807, 2.05) is 6.20 Å². The van der Waals surface area contributed by atoms with E-state index in [-0.39, 0.29) is 27.1 Å². The molecule has 0 aliphatic carbocycles. The van der Waals surface area contributed by atoms with Gasteiger partial charge in [-0.25, -0.2) is 4.98 Å². The molecule has 0 saturated carbocycles. The first kappa shape index (κ1) is 47.6. The Balaban J connectivity index is 1.06. The topological polar surface area (TPSA) is 33.5 Å². The first-order valence-electron chi connectivity index (χ1n) is 25.4. The van der Waals surface area contributed by atoms with Crippen LogP contribution in [-0.2, 0) is 27.1 Å². The molecule has 0 spiro atoms. The average Bonchev–Trinajstić information content (AvgIpc) is 3.89.